The number of benzene rings is 1. The molecule has 0 radical (unpaired) electrons. The Morgan fingerprint density at radius 1 is 1.43 bits per heavy atom. The van der Waals surface area contributed by atoms with Gasteiger partial charge in [-0.3, -0.25) is 4.99 Å². The van der Waals surface area contributed by atoms with E-state index >= 15 is 0 Å². The van der Waals surface area contributed by atoms with Gasteiger partial charge in [-0.1, -0.05) is 28.9 Å². The molecule has 2 rings (SSSR count). The van der Waals surface area contributed by atoms with Gasteiger partial charge in [0.2, 0.25) is 0 Å². The summed E-state index contributed by atoms with van der Waals surface area (Å²) >= 11 is 3.56. The Hall–Kier alpha value is -1.23. The third-order valence-electron chi connectivity index (χ3n) is 4.31. The summed E-state index contributed by atoms with van der Waals surface area (Å²) in [5, 5.41) is 6.80. The minimum atomic E-state index is 0.453. The van der Waals surface area contributed by atoms with E-state index in [1.54, 1.807) is 0 Å². The van der Waals surface area contributed by atoms with Crippen molar-refractivity contribution in [2.45, 2.75) is 39.7 Å². The quantitative estimate of drug-likeness (QED) is 0.584. The fraction of sp³-hybridized carbons (Fsp3) is 0.611. The number of anilines is 1. The van der Waals surface area contributed by atoms with Crippen LogP contribution in [0.1, 0.15) is 33.6 Å². The zero-order valence-corrected chi connectivity index (χ0v) is 16.1. The molecule has 128 valence electrons. The zero-order valence-electron chi connectivity index (χ0n) is 14.5. The van der Waals surface area contributed by atoms with Gasteiger partial charge in [0.15, 0.2) is 5.96 Å². The van der Waals surface area contributed by atoms with Crippen LogP contribution in [0.2, 0.25) is 0 Å². The first-order chi connectivity index (χ1) is 11.1. The highest BCUT2D eigenvalue weighted by molar-refractivity contribution is 9.10. The van der Waals surface area contributed by atoms with Gasteiger partial charge in [-0.05, 0) is 50.8 Å². The predicted molar refractivity (Wildman–Crippen MR) is 103 cm³/mol. The number of nitrogens with one attached hydrogen (secondary N) is 2. The second-order valence-corrected chi connectivity index (χ2v) is 7.17. The summed E-state index contributed by atoms with van der Waals surface area (Å²) in [4.78, 5) is 7.25. The summed E-state index contributed by atoms with van der Waals surface area (Å²) in [5.41, 5.74) is 1.30. The SMILES string of the molecule is CCNC(=NCC1CCN(c2cccc(Br)c2)C1)NC(C)CC. The highest BCUT2D eigenvalue weighted by Crippen LogP contribution is 2.26. The molecular weight excluding hydrogens is 352 g/mol. The standard InChI is InChI=1S/C18H29BrN4/c1-4-14(3)22-18(20-5-2)21-12-15-9-10-23(13-15)17-8-6-7-16(19)11-17/h6-8,11,14-15H,4-5,9-10,12-13H2,1-3H3,(H2,20,21,22). The van der Waals surface area contributed by atoms with E-state index in [9.17, 15) is 0 Å². The van der Waals surface area contributed by atoms with E-state index in [4.69, 9.17) is 4.99 Å². The lowest BCUT2D eigenvalue weighted by Crippen LogP contribution is -2.42. The summed E-state index contributed by atoms with van der Waals surface area (Å²) < 4.78 is 1.14. The summed E-state index contributed by atoms with van der Waals surface area (Å²) in [6.45, 7) is 10.5. The Labute approximate surface area is 148 Å². The number of guanidine groups is 1. The Balaban J connectivity index is 1.89. The van der Waals surface area contributed by atoms with Gasteiger partial charge >= 0.3 is 0 Å². The molecule has 1 heterocycles. The normalized spacial score (nSPS) is 19.7. The smallest absolute Gasteiger partial charge is 0.191 e. The average Bonchev–Trinajstić information content (AvgIpc) is 3.01. The number of aliphatic imine (C=N–C) groups is 1. The number of hydrogen-bond donors (Lipinski definition) is 2. The third-order valence-corrected chi connectivity index (χ3v) is 4.80. The van der Waals surface area contributed by atoms with Gasteiger partial charge in [0.25, 0.3) is 0 Å². The topological polar surface area (TPSA) is 39.7 Å². The van der Waals surface area contributed by atoms with Gasteiger partial charge in [-0.25, -0.2) is 0 Å². The van der Waals surface area contributed by atoms with Crippen LogP contribution < -0.4 is 15.5 Å². The van der Waals surface area contributed by atoms with Gasteiger partial charge in [0, 0.05) is 42.4 Å². The molecule has 1 aliphatic heterocycles. The van der Waals surface area contributed by atoms with Gasteiger partial charge in [0.05, 0.1) is 0 Å². The van der Waals surface area contributed by atoms with Crippen LogP contribution in [0, 0.1) is 5.92 Å². The van der Waals surface area contributed by atoms with Gasteiger partial charge in [0.1, 0.15) is 0 Å². The lowest BCUT2D eigenvalue weighted by atomic mass is 10.1. The lowest BCUT2D eigenvalue weighted by molar-refractivity contribution is 0.587. The molecule has 5 heteroatoms. The van der Waals surface area contributed by atoms with Crippen molar-refractivity contribution in [1.82, 2.24) is 10.6 Å². The maximum atomic E-state index is 4.79. The van der Waals surface area contributed by atoms with Gasteiger partial charge < -0.3 is 15.5 Å². The van der Waals surface area contributed by atoms with E-state index in [1.807, 2.05) is 0 Å². The van der Waals surface area contributed by atoms with E-state index < -0.39 is 0 Å². The van der Waals surface area contributed by atoms with Crippen molar-refractivity contribution in [3.05, 3.63) is 28.7 Å². The van der Waals surface area contributed by atoms with Gasteiger partial charge in [-0.15, -0.1) is 0 Å². The lowest BCUT2D eigenvalue weighted by Gasteiger charge is -2.19. The molecule has 23 heavy (non-hydrogen) atoms. The first kappa shape index (κ1) is 18.1. The molecule has 2 N–H and O–H groups in total. The maximum absolute atomic E-state index is 4.79. The van der Waals surface area contributed by atoms with E-state index in [0.717, 1.165) is 43.0 Å². The fourth-order valence-electron chi connectivity index (χ4n) is 2.76. The molecule has 1 aromatic rings. The molecule has 0 saturated carbocycles. The van der Waals surface area contributed by atoms with Crippen molar-refractivity contribution in [3.63, 3.8) is 0 Å². The Bertz CT molecular complexity index is 517. The molecule has 1 aromatic carbocycles. The largest absolute Gasteiger partial charge is 0.371 e. The van der Waals surface area contributed by atoms with Crippen molar-refractivity contribution >= 4 is 27.6 Å². The van der Waals surface area contributed by atoms with E-state index in [-0.39, 0.29) is 0 Å². The molecule has 0 aromatic heterocycles. The molecule has 1 saturated heterocycles. The third kappa shape index (κ3) is 5.72. The van der Waals surface area contributed by atoms with E-state index in [2.05, 4.69) is 76.5 Å². The fourth-order valence-corrected chi connectivity index (χ4v) is 3.15. The molecule has 2 unspecified atom stereocenters. The summed E-state index contributed by atoms with van der Waals surface area (Å²) in [7, 11) is 0. The minimum absolute atomic E-state index is 0.453. The molecule has 0 aliphatic carbocycles. The molecule has 1 fully saturated rings. The Morgan fingerprint density at radius 3 is 2.96 bits per heavy atom. The van der Waals surface area contributed by atoms with E-state index in [1.165, 1.54) is 12.1 Å². The van der Waals surface area contributed by atoms with Crippen molar-refractivity contribution in [3.8, 4) is 0 Å². The number of hydrogen-bond acceptors (Lipinski definition) is 2. The van der Waals surface area contributed by atoms with E-state index in [0.29, 0.717) is 12.0 Å². The van der Waals surface area contributed by atoms with Crippen LogP contribution in [-0.4, -0.2) is 38.2 Å². The number of halogens is 1. The van der Waals surface area contributed by atoms with Crippen LogP contribution in [0.25, 0.3) is 0 Å². The van der Waals surface area contributed by atoms with Crippen molar-refractivity contribution in [2.75, 3.05) is 31.1 Å². The number of rotatable bonds is 6. The summed E-state index contributed by atoms with van der Waals surface area (Å²) in [6.07, 6.45) is 2.31. The summed E-state index contributed by atoms with van der Waals surface area (Å²) in [5.74, 6) is 1.57. The van der Waals surface area contributed by atoms with Crippen LogP contribution in [-0.2, 0) is 0 Å². The van der Waals surface area contributed by atoms with Crippen LogP contribution in [0.15, 0.2) is 33.7 Å². The molecule has 1 aliphatic rings. The molecule has 0 bridgehead atoms. The van der Waals surface area contributed by atoms with Crippen LogP contribution >= 0.6 is 15.9 Å². The molecule has 0 spiro atoms. The second kappa shape index (κ2) is 9.16. The molecule has 2 atom stereocenters. The first-order valence-electron chi connectivity index (χ1n) is 8.67. The summed E-state index contributed by atoms with van der Waals surface area (Å²) in [6, 6.07) is 9.01. The van der Waals surface area contributed by atoms with Crippen LogP contribution in [0.5, 0.6) is 0 Å². The van der Waals surface area contributed by atoms with Crippen molar-refractivity contribution in [1.29, 1.82) is 0 Å². The first-order valence-corrected chi connectivity index (χ1v) is 9.47. The highest BCUT2D eigenvalue weighted by Gasteiger charge is 2.22. The molecule has 0 amide bonds. The zero-order chi connectivity index (χ0) is 16.7. The minimum Gasteiger partial charge on any atom is -0.371 e. The Morgan fingerprint density at radius 2 is 2.26 bits per heavy atom. The van der Waals surface area contributed by atoms with Crippen molar-refractivity contribution < 1.29 is 0 Å². The Kier molecular flexibility index (Phi) is 7.21. The molecular formula is C18H29BrN4. The monoisotopic (exact) mass is 380 g/mol. The predicted octanol–water partition coefficient (Wildman–Crippen LogP) is 3.63. The van der Waals surface area contributed by atoms with Crippen LogP contribution in [0.3, 0.4) is 0 Å². The second-order valence-electron chi connectivity index (χ2n) is 6.25. The van der Waals surface area contributed by atoms with Crippen LogP contribution in [0.4, 0.5) is 5.69 Å². The van der Waals surface area contributed by atoms with Crippen molar-refractivity contribution in [2.24, 2.45) is 10.9 Å². The number of nitrogens with zero attached hydrogens (tertiary/aromatic N) is 2. The average molecular weight is 381 g/mol. The van der Waals surface area contributed by atoms with Gasteiger partial charge in [-0.2, -0.15) is 0 Å². The molecule has 4 nitrogen and oxygen atoms in total. The maximum Gasteiger partial charge on any atom is 0.191 e. The highest BCUT2D eigenvalue weighted by atomic mass is 79.9.